The number of aliphatic hydroxyl groups is 1. The largest absolute Gasteiger partial charge is 0.505 e. The molecule has 168 valence electrons. The number of fused-ring (bicyclic) bond motifs is 2. The predicted molar refractivity (Wildman–Crippen MR) is 122 cm³/mol. The smallest absolute Gasteiger partial charge is 0.261 e. The zero-order valence-electron chi connectivity index (χ0n) is 18.2. The molecule has 0 radical (unpaired) electrons. The van der Waals surface area contributed by atoms with Gasteiger partial charge < -0.3 is 14.9 Å². The number of ether oxygens (including phenoxy) is 1. The number of amides is 1. The molecule has 0 bridgehead atoms. The fraction of sp³-hybridized carbons (Fsp3) is 0.231. The Bertz CT molecular complexity index is 1330. The van der Waals surface area contributed by atoms with Crippen LogP contribution in [0.5, 0.6) is 11.5 Å². The molecule has 2 heterocycles. The molecule has 1 aromatic heterocycles. The summed E-state index contributed by atoms with van der Waals surface area (Å²) in [6.07, 6.45) is 6.48. The van der Waals surface area contributed by atoms with Crippen LogP contribution in [-0.4, -0.2) is 45.3 Å². The zero-order chi connectivity index (χ0) is 23.4. The molecule has 1 aliphatic carbocycles. The first-order chi connectivity index (χ1) is 15.8. The minimum Gasteiger partial charge on any atom is -0.505 e. The van der Waals surface area contributed by atoms with Crippen LogP contribution in [0.2, 0.25) is 0 Å². The fourth-order valence-electron chi connectivity index (χ4n) is 4.64. The highest BCUT2D eigenvalue weighted by Crippen LogP contribution is 2.53. The van der Waals surface area contributed by atoms with Crippen LogP contribution in [0.4, 0.5) is 4.39 Å². The number of pyridine rings is 1. The second kappa shape index (κ2) is 7.42. The van der Waals surface area contributed by atoms with E-state index >= 15 is 0 Å². The van der Waals surface area contributed by atoms with E-state index in [1.54, 1.807) is 48.6 Å². The molecule has 7 heteroatoms. The van der Waals surface area contributed by atoms with Gasteiger partial charge in [-0.25, -0.2) is 4.39 Å². The monoisotopic (exact) mass is 446 g/mol. The van der Waals surface area contributed by atoms with Crippen molar-refractivity contribution in [3.63, 3.8) is 0 Å². The molecule has 1 aliphatic heterocycles. The van der Waals surface area contributed by atoms with E-state index in [1.807, 2.05) is 6.07 Å². The van der Waals surface area contributed by atoms with Crippen molar-refractivity contribution in [1.29, 1.82) is 0 Å². The van der Waals surface area contributed by atoms with Gasteiger partial charge in [0.05, 0.1) is 18.2 Å². The molecule has 2 unspecified atom stereocenters. The molecular formula is C26H23FN2O4. The van der Waals surface area contributed by atoms with Gasteiger partial charge in [0.25, 0.3) is 5.91 Å². The molecule has 2 atom stereocenters. The number of hydrogen-bond donors (Lipinski definition) is 2. The molecular weight excluding hydrogens is 423 g/mol. The van der Waals surface area contributed by atoms with E-state index in [2.05, 4.69) is 4.98 Å². The minimum atomic E-state index is -1.92. The van der Waals surface area contributed by atoms with Gasteiger partial charge in [0.2, 0.25) is 0 Å². The summed E-state index contributed by atoms with van der Waals surface area (Å²) in [6, 6.07) is 12.2. The molecule has 5 rings (SSSR count). The van der Waals surface area contributed by atoms with Crippen molar-refractivity contribution in [2.75, 3.05) is 13.7 Å². The first-order valence-electron chi connectivity index (χ1n) is 10.6. The van der Waals surface area contributed by atoms with E-state index in [9.17, 15) is 19.4 Å². The lowest BCUT2D eigenvalue weighted by Gasteiger charge is -2.36. The quantitative estimate of drug-likeness (QED) is 0.627. The molecule has 0 saturated heterocycles. The maximum Gasteiger partial charge on any atom is 0.261 e. The summed E-state index contributed by atoms with van der Waals surface area (Å²) in [4.78, 5) is 19.2. The number of allylic oxidation sites excluding steroid dienone is 2. The Morgan fingerprint density at radius 2 is 1.97 bits per heavy atom. The van der Waals surface area contributed by atoms with E-state index in [4.69, 9.17) is 4.74 Å². The van der Waals surface area contributed by atoms with E-state index in [0.717, 1.165) is 0 Å². The molecule has 0 spiro atoms. The van der Waals surface area contributed by atoms with Crippen molar-refractivity contribution in [2.45, 2.75) is 24.7 Å². The number of aromatic nitrogens is 1. The van der Waals surface area contributed by atoms with E-state index < -0.39 is 17.3 Å². The van der Waals surface area contributed by atoms with Gasteiger partial charge in [-0.05, 0) is 30.7 Å². The number of carbonyl (C=O) groups excluding carboxylic acids is 1. The van der Waals surface area contributed by atoms with Crippen molar-refractivity contribution >= 4 is 16.8 Å². The van der Waals surface area contributed by atoms with Gasteiger partial charge in [0.15, 0.2) is 11.5 Å². The minimum absolute atomic E-state index is 0.0118. The number of rotatable bonds is 4. The summed E-state index contributed by atoms with van der Waals surface area (Å²) in [7, 11) is 1.45. The number of halogens is 1. The number of methoxy groups -OCH3 is 1. The lowest BCUT2D eigenvalue weighted by Crippen LogP contribution is -2.45. The summed E-state index contributed by atoms with van der Waals surface area (Å²) >= 11 is 0. The average molecular weight is 446 g/mol. The second-order valence-electron chi connectivity index (χ2n) is 8.56. The highest BCUT2D eigenvalue weighted by molar-refractivity contribution is 6.10. The van der Waals surface area contributed by atoms with Crippen molar-refractivity contribution in [3.8, 4) is 11.5 Å². The maximum atomic E-state index is 14.3. The van der Waals surface area contributed by atoms with Crippen LogP contribution in [0.25, 0.3) is 10.9 Å². The Kier molecular flexibility index (Phi) is 4.76. The number of phenols is 1. The lowest BCUT2D eigenvalue weighted by molar-refractivity contribution is -0.0464. The van der Waals surface area contributed by atoms with Gasteiger partial charge in [-0.15, -0.1) is 0 Å². The average Bonchev–Trinajstić information content (AvgIpc) is 3.04. The number of nitrogens with zero attached hydrogens (tertiary/aromatic N) is 2. The summed E-state index contributed by atoms with van der Waals surface area (Å²) < 4.78 is 19.9. The van der Waals surface area contributed by atoms with Gasteiger partial charge in [-0.1, -0.05) is 42.5 Å². The van der Waals surface area contributed by atoms with Crippen LogP contribution in [0.15, 0.2) is 72.5 Å². The number of phenolic OH excluding ortho intramolecular Hbond substituents is 1. The van der Waals surface area contributed by atoms with E-state index in [0.29, 0.717) is 16.5 Å². The summed E-state index contributed by atoms with van der Waals surface area (Å²) in [5.41, 5.74) is -1.94. The Hall–Kier alpha value is -3.71. The highest BCUT2D eigenvalue weighted by atomic mass is 19.1. The Balaban J connectivity index is 1.76. The van der Waals surface area contributed by atoms with Crippen LogP contribution in [0.3, 0.4) is 0 Å². The fourth-order valence-corrected chi connectivity index (χ4v) is 4.64. The van der Waals surface area contributed by atoms with Crippen molar-refractivity contribution in [3.05, 3.63) is 89.2 Å². The van der Waals surface area contributed by atoms with Crippen LogP contribution in [-0.2, 0) is 5.72 Å². The maximum absolute atomic E-state index is 14.3. The van der Waals surface area contributed by atoms with E-state index in [1.165, 1.54) is 31.2 Å². The normalized spacial score (nSPS) is 24.2. The summed E-state index contributed by atoms with van der Waals surface area (Å²) in [6.45, 7) is 1.49. The molecule has 2 N–H and O–H groups in total. The topological polar surface area (TPSA) is 82.9 Å². The number of hydrogen-bond acceptors (Lipinski definition) is 5. The molecule has 2 aliphatic rings. The van der Waals surface area contributed by atoms with Gasteiger partial charge in [0.1, 0.15) is 16.9 Å². The van der Waals surface area contributed by atoms with Crippen LogP contribution in [0.1, 0.15) is 34.8 Å². The molecule has 33 heavy (non-hydrogen) atoms. The molecule has 2 aromatic carbocycles. The summed E-state index contributed by atoms with van der Waals surface area (Å²) in [5.74, 6) is -0.618. The SMILES string of the molecule is COc1c2c(c(O)c3ncccc13)C(=O)N(CC1=CCC(C)(F)C=C1)C2(O)c1ccccc1. The zero-order valence-corrected chi connectivity index (χ0v) is 18.2. The number of aromatic hydroxyl groups is 1. The van der Waals surface area contributed by atoms with Gasteiger partial charge >= 0.3 is 0 Å². The standard InChI is InChI=1S/C26H23FN2O4/c1-25(27)12-10-16(11-13-25)15-29-24(31)19-20(26(29,32)17-7-4-3-5-8-17)23(33-2)18-9-6-14-28-21(18)22(19)30/h3-12,14,30,32H,13,15H2,1-2H3. The van der Waals surface area contributed by atoms with Crippen molar-refractivity contribution in [1.82, 2.24) is 9.88 Å². The highest BCUT2D eigenvalue weighted by Gasteiger charge is 2.54. The van der Waals surface area contributed by atoms with Gasteiger partial charge in [0, 0.05) is 30.1 Å². The van der Waals surface area contributed by atoms with Crippen LogP contribution in [0, 0.1) is 0 Å². The molecule has 6 nitrogen and oxygen atoms in total. The molecule has 3 aromatic rings. The van der Waals surface area contributed by atoms with Crippen LogP contribution >= 0.6 is 0 Å². The van der Waals surface area contributed by atoms with Crippen molar-refractivity contribution in [2.24, 2.45) is 0 Å². The Morgan fingerprint density at radius 3 is 2.64 bits per heavy atom. The Morgan fingerprint density at radius 1 is 1.21 bits per heavy atom. The third kappa shape index (κ3) is 3.11. The van der Waals surface area contributed by atoms with E-state index in [-0.39, 0.29) is 41.1 Å². The van der Waals surface area contributed by atoms with Gasteiger partial charge in [-0.3, -0.25) is 14.7 Å². The molecule has 0 saturated carbocycles. The predicted octanol–water partition coefficient (Wildman–Crippen LogP) is 4.21. The first kappa shape index (κ1) is 21.2. The second-order valence-corrected chi connectivity index (χ2v) is 8.56. The number of carbonyl (C=O) groups is 1. The first-order valence-corrected chi connectivity index (χ1v) is 10.6. The van der Waals surface area contributed by atoms with Crippen molar-refractivity contribution < 1.29 is 24.1 Å². The number of alkyl halides is 1. The molecule has 1 amide bonds. The number of benzene rings is 2. The third-order valence-electron chi connectivity index (χ3n) is 6.32. The summed E-state index contributed by atoms with van der Waals surface area (Å²) in [5, 5.41) is 23.8. The lowest BCUT2D eigenvalue weighted by atomic mass is 9.90. The Labute approximate surface area is 190 Å². The van der Waals surface area contributed by atoms with Gasteiger partial charge in [-0.2, -0.15) is 0 Å². The van der Waals surface area contributed by atoms with Crippen LogP contribution < -0.4 is 4.74 Å². The molecule has 0 fully saturated rings. The third-order valence-corrected chi connectivity index (χ3v) is 6.32.